The van der Waals surface area contributed by atoms with Gasteiger partial charge in [0.05, 0.1) is 13.0 Å². The maximum absolute atomic E-state index is 14.4. The smallest absolute Gasteiger partial charge is 0.410 e. The number of likely N-dealkylation sites (tertiary alicyclic amines) is 1. The van der Waals surface area contributed by atoms with Crippen LogP contribution in [0.2, 0.25) is 0 Å². The van der Waals surface area contributed by atoms with Crippen molar-refractivity contribution in [2.45, 2.75) is 96.4 Å². The molecule has 0 radical (unpaired) electrons. The first-order valence-electron chi connectivity index (χ1n) is 17.1. The van der Waals surface area contributed by atoms with Crippen molar-refractivity contribution in [3.63, 3.8) is 0 Å². The molecule has 1 saturated carbocycles. The van der Waals surface area contributed by atoms with Gasteiger partial charge in [-0.3, -0.25) is 14.4 Å². The number of rotatable bonds is 6. The lowest BCUT2D eigenvalue weighted by Crippen LogP contribution is -2.56. The minimum Gasteiger partial charge on any atom is -0.464 e. The fourth-order valence-corrected chi connectivity index (χ4v) is 7.29. The summed E-state index contributed by atoms with van der Waals surface area (Å²) in [6.45, 7) is 8.22. The Morgan fingerprint density at radius 1 is 1.00 bits per heavy atom. The second-order valence-corrected chi connectivity index (χ2v) is 14.3. The van der Waals surface area contributed by atoms with Crippen molar-refractivity contribution in [1.29, 1.82) is 0 Å². The summed E-state index contributed by atoms with van der Waals surface area (Å²) in [4.78, 5) is 71.2. The molecule has 0 bridgehead atoms. The van der Waals surface area contributed by atoms with Crippen LogP contribution < -0.4 is 5.32 Å². The van der Waals surface area contributed by atoms with E-state index in [0.717, 1.165) is 31.2 Å². The Hall–Kier alpha value is -3.89. The molecule has 11 heteroatoms. The number of ether oxygens (including phenoxy) is 3. The van der Waals surface area contributed by atoms with Gasteiger partial charge in [-0.05, 0) is 58.9 Å². The van der Waals surface area contributed by atoms with Crippen LogP contribution in [-0.2, 0) is 40.0 Å². The molecule has 6 atom stereocenters. The van der Waals surface area contributed by atoms with Crippen LogP contribution in [0.4, 0.5) is 4.79 Å². The summed E-state index contributed by atoms with van der Waals surface area (Å²) in [5, 5.41) is 3.02. The minimum atomic E-state index is -1.20. The van der Waals surface area contributed by atoms with Crippen molar-refractivity contribution in [1.82, 2.24) is 15.1 Å². The van der Waals surface area contributed by atoms with E-state index in [1.807, 2.05) is 36.4 Å². The zero-order chi connectivity index (χ0) is 33.8. The van der Waals surface area contributed by atoms with Crippen LogP contribution in [0.1, 0.15) is 78.2 Å². The molecule has 256 valence electrons. The summed E-state index contributed by atoms with van der Waals surface area (Å²) < 4.78 is 16.6. The van der Waals surface area contributed by atoms with E-state index >= 15 is 0 Å². The molecule has 3 fully saturated rings. The fraction of sp³-hybridized carbons (Fsp3) is 0.639. The first kappa shape index (κ1) is 34.4. The van der Waals surface area contributed by atoms with Crippen molar-refractivity contribution in [2.24, 2.45) is 23.7 Å². The average Bonchev–Trinajstić information content (AvgIpc) is 3.36. The van der Waals surface area contributed by atoms with E-state index in [1.165, 1.54) is 0 Å². The van der Waals surface area contributed by atoms with Crippen molar-refractivity contribution in [3.8, 4) is 0 Å². The van der Waals surface area contributed by atoms with Crippen LogP contribution in [-0.4, -0.2) is 83.1 Å². The molecule has 4 aliphatic rings. The highest BCUT2D eigenvalue weighted by atomic mass is 16.6. The molecule has 1 N–H and O–H groups in total. The van der Waals surface area contributed by atoms with Gasteiger partial charge < -0.3 is 29.3 Å². The molecule has 47 heavy (non-hydrogen) atoms. The van der Waals surface area contributed by atoms with Gasteiger partial charge >= 0.3 is 18.0 Å². The molecule has 3 heterocycles. The van der Waals surface area contributed by atoms with Gasteiger partial charge in [0.2, 0.25) is 11.8 Å². The molecule has 1 aromatic rings. The number of esters is 2. The van der Waals surface area contributed by atoms with Crippen LogP contribution in [0.5, 0.6) is 0 Å². The molecule has 11 nitrogen and oxygen atoms in total. The summed E-state index contributed by atoms with van der Waals surface area (Å²) in [5.74, 6) is -3.05. The topological polar surface area (TPSA) is 132 Å². The normalized spacial score (nSPS) is 30.1. The van der Waals surface area contributed by atoms with Gasteiger partial charge in [-0.1, -0.05) is 55.3 Å². The van der Waals surface area contributed by atoms with E-state index < -0.39 is 47.0 Å². The van der Waals surface area contributed by atoms with Gasteiger partial charge in [0.15, 0.2) is 0 Å². The van der Waals surface area contributed by atoms with E-state index in [9.17, 15) is 24.0 Å². The third-order valence-corrected chi connectivity index (χ3v) is 9.65. The Morgan fingerprint density at radius 2 is 1.77 bits per heavy atom. The second-order valence-electron chi connectivity index (χ2n) is 14.3. The largest absolute Gasteiger partial charge is 0.464 e. The molecule has 0 aromatic heterocycles. The lowest BCUT2D eigenvalue weighted by atomic mass is 9.92. The molecule has 0 spiro atoms. The van der Waals surface area contributed by atoms with Gasteiger partial charge in [0.1, 0.15) is 23.8 Å². The summed E-state index contributed by atoms with van der Waals surface area (Å²) in [7, 11) is 0. The lowest BCUT2D eigenvalue weighted by Gasteiger charge is -2.32. The monoisotopic (exact) mass is 651 g/mol. The lowest BCUT2D eigenvalue weighted by molar-refractivity contribution is -0.159. The Morgan fingerprint density at radius 3 is 2.49 bits per heavy atom. The molecular formula is C36H49N3O8. The predicted octanol–water partition coefficient (Wildman–Crippen LogP) is 4.39. The first-order chi connectivity index (χ1) is 22.4. The van der Waals surface area contributed by atoms with E-state index in [2.05, 4.69) is 11.4 Å². The van der Waals surface area contributed by atoms with Crippen LogP contribution in [0.3, 0.4) is 0 Å². The number of nitrogens with zero attached hydrogens (tertiary/aromatic N) is 2. The SMILES string of the molecule is CCOC(=O)[C@@]12C[C@H]1/C=C\CCCCC[C@H](CC(=O)OC(C)(C)C)C(=O)N1C[C@@H]3CN(C(=O)OCc4ccccc4)C[C@@H]3[C@H]1C(=O)N2. The van der Waals surface area contributed by atoms with Gasteiger partial charge in [0.25, 0.3) is 0 Å². The fourth-order valence-electron chi connectivity index (χ4n) is 7.29. The highest BCUT2D eigenvalue weighted by Gasteiger charge is 2.63. The number of carbonyl (C=O) groups is 5. The molecule has 5 rings (SSSR count). The van der Waals surface area contributed by atoms with Gasteiger partial charge in [0, 0.05) is 43.3 Å². The number of fused-ring (bicyclic) bond motifs is 4. The first-order valence-corrected chi connectivity index (χ1v) is 17.1. The van der Waals surface area contributed by atoms with Crippen LogP contribution in [0.25, 0.3) is 0 Å². The van der Waals surface area contributed by atoms with Gasteiger partial charge in [-0.2, -0.15) is 0 Å². The van der Waals surface area contributed by atoms with Crippen molar-refractivity contribution < 1.29 is 38.2 Å². The third kappa shape index (κ3) is 8.16. The number of hydrogen-bond donors (Lipinski definition) is 1. The van der Waals surface area contributed by atoms with E-state index in [-0.39, 0.29) is 56.4 Å². The molecule has 1 aliphatic carbocycles. The van der Waals surface area contributed by atoms with Crippen molar-refractivity contribution in [3.05, 3.63) is 48.0 Å². The summed E-state index contributed by atoms with van der Waals surface area (Å²) in [5.41, 5.74) is -1.02. The maximum Gasteiger partial charge on any atom is 0.410 e. The van der Waals surface area contributed by atoms with Gasteiger partial charge in [-0.25, -0.2) is 9.59 Å². The number of nitrogens with one attached hydrogen (secondary N) is 1. The molecule has 3 amide bonds. The predicted molar refractivity (Wildman–Crippen MR) is 172 cm³/mol. The molecule has 3 aliphatic heterocycles. The zero-order valence-electron chi connectivity index (χ0n) is 28.1. The number of amides is 3. The summed E-state index contributed by atoms with van der Waals surface area (Å²) >= 11 is 0. The van der Waals surface area contributed by atoms with E-state index in [0.29, 0.717) is 19.4 Å². The number of hydrogen-bond acceptors (Lipinski definition) is 8. The molecule has 1 aromatic carbocycles. The number of allylic oxidation sites excluding steroid dienone is 1. The third-order valence-electron chi connectivity index (χ3n) is 9.65. The standard InChI is InChI=1S/C36H49N3O8/c1-5-45-33(43)36-19-27(36)17-13-8-6-7-12-16-25(18-29(40)47-35(2,3)4)32(42)39-21-26-20-38(22-28(26)30(39)31(41)37-36)34(44)46-23-24-14-10-9-11-15-24/h9-11,13-15,17,25-28,30H,5-8,12,16,18-23H2,1-4H3,(H,37,41)/b17-13-/t25-,26+,27-,28+,30+,36-/m1/s1. The Labute approximate surface area is 277 Å². The van der Waals surface area contributed by atoms with Gasteiger partial charge in [-0.15, -0.1) is 0 Å². The zero-order valence-corrected chi connectivity index (χ0v) is 28.1. The van der Waals surface area contributed by atoms with E-state index in [4.69, 9.17) is 14.2 Å². The van der Waals surface area contributed by atoms with Crippen LogP contribution in [0.15, 0.2) is 42.5 Å². The minimum absolute atomic E-state index is 0.0804. The number of carbonyl (C=O) groups excluding carboxylic acids is 5. The van der Waals surface area contributed by atoms with Crippen LogP contribution in [0, 0.1) is 23.7 Å². The summed E-state index contributed by atoms with van der Waals surface area (Å²) in [6, 6.07) is 8.48. The molecular weight excluding hydrogens is 602 g/mol. The molecule has 2 saturated heterocycles. The second kappa shape index (κ2) is 14.5. The maximum atomic E-state index is 14.4. The Bertz CT molecular complexity index is 1360. The highest BCUT2D eigenvalue weighted by Crippen LogP contribution is 2.47. The van der Waals surface area contributed by atoms with E-state index in [1.54, 1.807) is 37.5 Å². The van der Waals surface area contributed by atoms with Crippen LogP contribution >= 0.6 is 0 Å². The van der Waals surface area contributed by atoms with Crippen molar-refractivity contribution in [2.75, 3.05) is 26.2 Å². The average molecular weight is 652 g/mol. The Kier molecular flexibility index (Phi) is 10.6. The quantitative estimate of drug-likeness (QED) is 0.272. The Balaban J connectivity index is 1.40. The number of benzene rings is 1. The highest BCUT2D eigenvalue weighted by molar-refractivity contribution is 5.96. The van der Waals surface area contributed by atoms with Crippen molar-refractivity contribution >= 4 is 29.8 Å². The summed E-state index contributed by atoms with van der Waals surface area (Å²) in [6.07, 6.45) is 7.74. The molecule has 0 unspecified atom stereocenters.